The Labute approximate surface area is 91.4 Å². The average molecular weight is 214 g/mol. The van der Waals surface area contributed by atoms with Crippen molar-refractivity contribution in [2.75, 3.05) is 19.6 Å². The summed E-state index contributed by atoms with van der Waals surface area (Å²) in [5.74, 6) is 0.496. The third kappa shape index (κ3) is 3.47. The molecule has 1 fully saturated rings. The van der Waals surface area contributed by atoms with Crippen LogP contribution in [0.4, 0.5) is 0 Å². The van der Waals surface area contributed by atoms with Crippen LogP contribution >= 0.6 is 0 Å². The van der Waals surface area contributed by atoms with Crippen molar-refractivity contribution in [3.63, 3.8) is 0 Å². The second-order valence-corrected chi connectivity index (χ2v) is 4.81. The highest BCUT2D eigenvalue weighted by Crippen LogP contribution is 2.16. The molecule has 1 aliphatic rings. The molecule has 1 saturated heterocycles. The maximum Gasteiger partial charge on any atom is 0.224 e. The van der Waals surface area contributed by atoms with E-state index in [0.29, 0.717) is 18.9 Å². The molecule has 1 aliphatic heterocycles. The SMILES string of the molecule is CCC(C)(O)CNC(=O)C1CNCC1C. The van der Waals surface area contributed by atoms with Gasteiger partial charge in [0, 0.05) is 13.1 Å². The zero-order chi connectivity index (χ0) is 11.5. The Morgan fingerprint density at radius 3 is 2.73 bits per heavy atom. The second-order valence-electron chi connectivity index (χ2n) is 4.81. The Morgan fingerprint density at radius 2 is 2.27 bits per heavy atom. The normalized spacial score (nSPS) is 29.9. The van der Waals surface area contributed by atoms with Gasteiger partial charge in [-0.05, 0) is 25.8 Å². The molecule has 0 aromatic heterocycles. The summed E-state index contributed by atoms with van der Waals surface area (Å²) in [7, 11) is 0. The van der Waals surface area contributed by atoms with Crippen LogP contribution < -0.4 is 10.6 Å². The van der Waals surface area contributed by atoms with Crippen molar-refractivity contribution in [3.05, 3.63) is 0 Å². The summed E-state index contributed by atoms with van der Waals surface area (Å²) in [4.78, 5) is 11.8. The molecule has 0 aromatic rings. The standard InChI is InChI=1S/C11H22N2O2/c1-4-11(3,15)7-13-10(14)9-6-12-5-8(9)2/h8-9,12,15H,4-7H2,1-3H3,(H,13,14). The van der Waals surface area contributed by atoms with E-state index >= 15 is 0 Å². The van der Waals surface area contributed by atoms with Gasteiger partial charge in [-0.25, -0.2) is 0 Å². The number of hydrogen-bond donors (Lipinski definition) is 3. The first-order valence-corrected chi connectivity index (χ1v) is 5.67. The molecule has 4 heteroatoms. The first kappa shape index (κ1) is 12.5. The van der Waals surface area contributed by atoms with E-state index in [2.05, 4.69) is 17.6 Å². The predicted octanol–water partition coefficient (Wildman–Crippen LogP) is 0.119. The summed E-state index contributed by atoms with van der Waals surface area (Å²) in [5.41, 5.74) is -0.787. The van der Waals surface area contributed by atoms with E-state index in [-0.39, 0.29) is 11.8 Å². The number of aliphatic hydroxyl groups is 1. The molecule has 1 heterocycles. The largest absolute Gasteiger partial charge is 0.388 e. The Morgan fingerprint density at radius 1 is 1.60 bits per heavy atom. The zero-order valence-corrected chi connectivity index (χ0v) is 9.84. The monoisotopic (exact) mass is 214 g/mol. The summed E-state index contributed by atoms with van der Waals surface area (Å²) >= 11 is 0. The highest BCUT2D eigenvalue weighted by atomic mass is 16.3. The van der Waals surface area contributed by atoms with Crippen LogP contribution in [0.1, 0.15) is 27.2 Å². The van der Waals surface area contributed by atoms with E-state index in [9.17, 15) is 9.90 Å². The third-order valence-corrected chi connectivity index (χ3v) is 3.26. The molecular weight excluding hydrogens is 192 g/mol. The number of amides is 1. The molecule has 88 valence electrons. The van der Waals surface area contributed by atoms with Gasteiger partial charge in [-0.3, -0.25) is 4.79 Å². The molecule has 3 N–H and O–H groups in total. The summed E-state index contributed by atoms with van der Waals surface area (Å²) < 4.78 is 0. The number of carbonyl (C=O) groups excluding carboxylic acids is 1. The maximum absolute atomic E-state index is 11.8. The fourth-order valence-electron chi connectivity index (χ4n) is 1.69. The van der Waals surface area contributed by atoms with Gasteiger partial charge in [-0.1, -0.05) is 13.8 Å². The first-order valence-electron chi connectivity index (χ1n) is 5.67. The quantitative estimate of drug-likeness (QED) is 0.623. The molecule has 15 heavy (non-hydrogen) atoms. The highest BCUT2D eigenvalue weighted by molar-refractivity contribution is 5.79. The lowest BCUT2D eigenvalue weighted by molar-refractivity contribution is -0.126. The molecule has 3 unspecified atom stereocenters. The Kier molecular flexibility index (Phi) is 4.11. The minimum atomic E-state index is -0.787. The summed E-state index contributed by atoms with van der Waals surface area (Å²) in [6, 6.07) is 0. The molecule has 1 rings (SSSR count). The third-order valence-electron chi connectivity index (χ3n) is 3.26. The van der Waals surface area contributed by atoms with Crippen LogP contribution in [0.5, 0.6) is 0 Å². The van der Waals surface area contributed by atoms with Crippen molar-refractivity contribution in [1.29, 1.82) is 0 Å². The molecule has 4 nitrogen and oxygen atoms in total. The second kappa shape index (κ2) is 4.94. The van der Waals surface area contributed by atoms with E-state index in [0.717, 1.165) is 13.1 Å². The Bertz CT molecular complexity index is 229. The van der Waals surface area contributed by atoms with Gasteiger partial charge in [0.05, 0.1) is 11.5 Å². The van der Waals surface area contributed by atoms with Gasteiger partial charge in [0.25, 0.3) is 0 Å². The smallest absolute Gasteiger partial charge is 0.224 e. The number of hydrogen-bond acceptors (Lipinski definition) is 3. The van der Waals surface area contributed by atoms with Gasteiger partial charge >= 0.3 is 0 Å². The lowest BCUT2D eigenvalue weighted by Gasteiger charge is -2.23. The first-order chi connectivity index (χ1) is 6.96. The molecule has 0 radical (unpaired) electrons. The van der Waals surface area contributed by atoms with Crippen LogP contribution in [0, 0.1) is 11.8 Å². The Hall–Kier alpha value is -0.610. The summed E-state index contributed by atoms with van der Waals surface area (Å²) in [6.45, 7) is 7.72. The lowest BCUT2D eigenvalue weighted by Crippen LogP contribution is -2.43. The van der Waals surface area contributed by atoms with Crippen LogP contribution in [-0.2, 0) is 4.79 Å². The van der Waals surface area contributed by atoms with E-state index in [4.69, 9.17) is 0 Å². The van der Waals surface area contributed by atoms with Crippen molar-refractivity contribution in [2.45, 2.75) is 32.8 Å². The zero-order valence-electron chi connectivity index (χ0n) is 9.84. The number of nitrogens with one attached hydrogen (secondary N) is 2. The topological polar surface area (TPSA) is 61.4 Å². The van der Waals surface area contributed by atoms with E-state index in [1.165, 1.54) is 0 Å². The van der Waals surface area contributed by atoms with E-state index in [1.807, 2.05) is 6.92 Å². The Balaban J connectivity index is 2.36. The minimum Gasteiger partial charge on any atom is -0.388 e. The van der Waals surface area contributed by atoms with Crippen molar-refractivity contribution in [1.82, 2.24) is 10.6 Å². The van der Waals surface area contributed by atoms with E-state index < -0.39 is 5.60 Å². The van der Waals surface area contributed by atoms with Crippen molar-refractivity contribution in [3.8, 4) is 0 Å². The van der Waals surface area contributed by atoms with E-state index in [1.54, 1.807) is 6.92 Å². The van der Waals surface area contributed by atoms with Gasteiger partial charge in [0.1, 0.15) is 0 Å². The van der Waals surface area contributed by atoms with Crippen LogP contribution in [-0.4, -0.2) is 36.2 Å². The summed E-state index contributed by atoms with van der Waals surface area (Å²) in [5, 5.41) is 15.8. The van der Waals surface area contributed by atoms with Gasteiger partial charge in [-0.2, -0.15) is 0 Å². The summed E-state index contributed by atoms with van der Waals surface area (Å²) in [6.07, 6.45) is 0.645. The fraction of sp³-hybridized carbons (Fsp3) is 0.909. The van der Waals surface area contributed by atoms with Crippen molar-refractivity contribution in [2.24, 2.45) is 11.8 Å². The molecule has 0 aromatic carbocycles. The fourth-order valence-corrected chi connectivity index (χ4v) is 1.69. The highest BCUT2D eigenvalue weighted by Gasteiger charge is 2.30. The van der Waals surface area contributed by atoms with Crippen LogP contribution in [0.2, 0.25) is 0 Å². The predicted molar refractivity (Wildman–Crippen MR) is 59.4 cm³/mol. The van der Waals surface area contributed by atoms with Crippen molar-refractivity contribution < 1.29 is 9.90 Å². The molecule has 1 amide bonds. The average Bonchev–Trinajstić information content (AvgIpc) is 2.61. The van der Waals surface area contributed by atoms with Crippen LogP contribution in [0.3, 0.4) is 0 Å². The number of rotatable bonds is 4. The van der Waals surface area contributed by atoms with Gasteiger partial charge in [-0.15, -0.1) is 0 Å². The molecule has 0 spiro atoms. The molecule has 0 bridgehead atoms. The number of carbonyl (C=O) groups is 1. The lowest BCUT2D eigenvalue weighted by atomic mass is 9.96. The molecule has 0 aliphatic carbocycles. The van der Waals surface area contributed by atoms with Gasteiger partial charge in [0.15, 0.2) is 0 Å². The van der Waals surface area contributed by atoms with Gasteiger partial charge in [0.2, 0.25) is 5.91 Å². The van der Waals surface area contributed by atoms with Gasteiger partial charge < -0.3 is 15.7 Å². The molecular formula is C11H22N2O2. The molecule has 0 saturated carbocycles. The maximum atomic E-state index is 11.8. The molecule has 3 atom stereocenters. The van der Waals surface area contributed by atoms with Crippen molar-refractivity contribution >= 4 is 5.91 Å². The van der Waals surface area contributed by atoms with Crippen LogP contribution in [0.15, 0.2) is 0 Å². The van der Waals surface area contributed by atoms with Crippen LogP contribution in [0.25, 0.3) is 0 Å². The minimum absolute atomic E-state index is 0.0534.